The number of rotatable bonds is 5. The molecule has 0 unspecified atom stereocenters. The molecule has 0 heterocycles. The van der Waals surface area contributed by atoms with Crippen molar-refractivity contribution < 1.29 is 23.5 Å². The van der Waals surface area contributed by atoms with E-state index in [1.165, 1.54) is 0 Å². The normalized spacial score (nSPS) is 12.1. The third kappa shape index (κ3) is 5.02. The zero-order valence-electron chi connectivity index (χ0n) is 12.0. The van der Waals surface area contributed by atoms with Crippen LogP contribution >= 0.6 is 0 Å². The minimum Gasteiger partial charge on any atom is -0.507 e. The van der Waals surface area contributed by atoms with Crippen LogP contribution in [0.5, 0.6) is 5.75 Å². The minimum absolute atomic E-state index is 0.00744. The van der Waals surface area contributed by atoms with Gasteiger partial charge in [-0.15, -0.1) is 0 Å². The lowest BCUT2D eigenvalue weighted by Gasteiger charge is -2.16. The fraction of sp³-hybridized carbons (Fsp3) is 0.429. The van der Waals surface area contributed by atoms with Gasteiger partial charge in [-0.3, -0.25) is 9.59 Å². The molecule has 7 heteroatoms. The summed E-state index contributed by atoms with van der Waals surface area (Å²) >= 11 is 0. The summed E-state index contributed by atoms with van der Waals surface area (Å²) in [4.78, 5) is 23.4. The van der Waals surface area contributed by atoms with Gasteiger partial charge in [0.25, 0.3) is 5.91 Å². The molecule has 3 N–H and O–H groups in total. The van der Waals surface area contributed by atoms with Gasteiger partial charge in [0.05, 0.1) is 0 Å². The third-order valence-electron chi connectivity index (χ3n) is 2.58. The zero-order chi connectivity index (χ0) is 16.2. The smallest absolute Gasteiger partial charge is 0.258 e. The Morgan fingerprint density at radius 2 is 1.81 bits per heavy atom. The molecule has 1 rings (SSSR count). The van der Waals surface area contributed by atoms with Gasteiger partial charge in [0.15, 0.2) is 0 Å². The number of hydrogen-bond donors (Lipinski definition) is 3. The Hall–Kier alpha value is -2.18. The van der Waals surface area contributed by atoms with Crippen molar-refractivity contribution in [2.75, 3.05) is 0 Å². The fourth-order valence-electron chi connectivity index (χ4n) is 1.79. The van der Waals surface area contributed by atoms with Gasteiger partial charge in [-0.2, -0.15) is 0 Å². The van der Waals surface area contributed by atoms with E-state index in [0.29, 0.717) is 12.1 Å². The van der Waals surface area contributed by atoms with Crippen molar-refractivity contribution in [3.05, 3.63) is 29.3 Å². The largest absolute Gasteiger partial charge is 0.507 e. The van der Waals surface area contributed by atoms with Gasteiger partial charge < -0.3 is 15.7 Å². The lowest BCUT2D eigenvalue weighted by atomic mass is 10.1. The number of phenols is 1. The molecule has 0 aliphatic carbocycles. The average Bonchev–Trinajstić information content (AvgIpc) is 2.24. The second-order valence-electron chi connectivity index (χ2n) is 5.08. The van der Waals surface area contributed by atoms with E-state index in [1.54, 1.807) is 20.8 Å². The average molecular weight is 300 g/mol. The van der Waals surface area contributed by atoms with Crippen molar-refractivity contribution in [3.63, 3.8) is 0 Å². The Morgan fingerprint density at radius 1 is 1.19 bits per heavy atom. The quantitative estimate of drug-likeness (QED) is 0.774. The van der Waals surface area contributed by atoms with E-state index in [2.05, 4.69) is 10.6 Å². The maximum atomic E-state index is 13.5. The molecule has 21 heavy (non-hydrogen) atoms. The summed E-state index contributed by atoms with van der Waals surface area (Å²) in [5, 5.41) is 14.5. The Balaban J connectivity index is 2.71. The number of aromatic hydroxyl groups is 1. The van der Waals surface area contributed by atoms with E-state index in [-0.39, 0.29) is 18.4 Å². The summed E-state index contributed by atoms with van der Waals surface area (Å²) in [5.41, 5.74) is -0.646. The molecule has 0 fully saturated rings. The maximum absolute atomic E-state index is 13.5. The van der Waals surface area contributed by atoms with Crippen LogP contribution < -0.4 is 10.6 Å². The minimum atomic E-state index is -1.16. The molecule has 0 radical (unpaired) electrons. The summed E-state index contributed by atoms with van der Waals surface area (Å²) in [6.07, 6.45) is 0.00744. The molecule has 5 nitrogen and oxygen atoms in total. The Bertz CT molecular complexity index is 524. The van der Waals surface area contributed by atoms with Crippen LogP contribution in [0.25, 0.3) is 0 Å². The molecular formula is C14H18F2N2O3. The molecule has 2 amide bonds. The Labute approximate surface area is 121 Å². The van der Waals surface area contributed by atoms with E-state index in [1.807, 2.05) is 0 Å². The van der Waals surface area contributed by atoms with Crippen molar-refractivity contribution in [2.24, 2.45) is 0 Å². The first kappa shape index (κ1) is 16.9. The van der Waals surface area contributed by atoms with E-state index in [9.17, 15) is 23.5 Å². The van der Waals surface area contributed by atoms with Gasteiger partial charge in [0.2, 0.25) is 5.91 Å². The van der Waals surface area contributed by atoms with Crippen LogP contribution in [0.15, 0.2) is 12.1 Å². The van der Waals surface area contributed by atoms with E-state index in [0.717, 1.165) is 0 Å². The first-order valence-electron chi connectivity index (χ1n) is 6.49. The van der Waals surface area contributed by atoms with Crippen LogP contribution in [-0.4, -0.2) is 29.0 Å². The number of carbonyl (C=O) groups excluding carboxylic acids is 2. The highest BCUT2D eigenvalue weighted by atomic mass is 19.1. The van der Waals surface area contributed by atoms with Crippen LogP contribution in [-0.2, 0) is 4.79 Å². The molecule has 0 saturated carbocycles. The highest BCUT2D eigenvalue weighted by Crippen LogP contribution is 2.22. The predicted molar refractivity (Wildman–Crippen MR) is 72.8 cm³/mol. The van der Waals surface area contributed by atoms with Gasteiger partial charge in [-0.1, -0.05) is 0 Å². The standard InChI is InChI=1S/C14H18F2N2O3/c1-7(2)17-12(20)4-8(3)18-14(21)13-10(16)5-9(15)6-11(13)19/h5-8,19H,4H2,1-3H3,(H,17,20)(H,18,21)/t8-/m1/s1. The monoisotopic (exact) mass is 300 g/mol. The lowest BCUT2D eigenvalue weighted by Crippen LogP contribution is -2.39. The Morgan fingerprint density at radius 3 is 2.33 bits per heavy atom. The van der Waals surface area contributed by atoms with Crippen LogP contribution in [0.4, 0.5) is 8.78 Å². The highest BCUT2D eigenvalue weighted by Gasteiger charge is 2.21. The van der Waals surface area contributed by atoms with Gasteiger partial charge in [-0.05, 0) is 20.8 Å². The molecule has 0 aromatic heterocycles. The number of phenolic OH excluding ortho intramolecular Hbond substituents is 1. The second-order valence-corrected chi connectivity index (χ2v) is 5.08. The fourth-order valence-corrected chi connectivity index (χ4v) is 1.79. The number of halogens is 2. The zero-order valence-corrected chi connectivity index (χ0v) is 12.0. The van der Waals surface area contributed by atoms with Crippen LogP contribution in [0, 0.1) is 11.6 Å². The first-order chi connectivity index (χ1) is 9.70. The molecule has 1 aromatic rings. The summed E-state index contributed by atoms with van der Waals surface area (Å²) in [5.74, 6) is -4.10. The summed E-state index contributed by atoms with van der Waals surface area (Å²) in [7, 11) is 0. The molecule has 0 bridgehead atoms. The number of carbonyl (C=O) groups is 2. The van der Waals surface area contributed by atoms with Crippen LogP contribution in [0.3, 0.4) is 0 Å². The van der Waals surface area contributed by atoms with Crippen molar-refractivity contribution in [1.29, 1.82) is 0 Å². The van der Waals surface area contributed by atoms with Crippen molar-refractivity contribution in [1.82, 2.24) is 10.6 Å². The number of hydrogen-bond acceptors (Lipinski definition) is 3. The van der Waals surface area contributed by atoms with Crippen LogP contribution in [0.1, 0.15) is 37.6 Å². The predicted octanol–water partition coefficient (Wildman–Crippen LogP) is 1.70. The van der Waals surface area contributed by atoms with Crippen molar-refractivity contribution in [2.45, 2.75) is 39.3 Å². The second kappa shape index (κ2) is 7.01. The summed E-state index contributed by atoms with van der Waals surface area (Å²) in [6, 6.07) is 0.554. The first-order valence-corrected chi connectivity index (χ1v) is 6.49. The molecule has 0 aliphatic rings. The van der Waals surface area contributed by atoms with Gasteiger partial charge in [0.1, 0.15) is 22.9 Å². The molecule has 1 atom stereocenters. The molecule has 0 spiro atoms. The van der Waals surface area contributed by atoms with Gasteiger partial charge in [0, 0.05) is 30.6 Å². The van der Waals surface area contributed by atoms with Gasteiger partial charge >= 0.3 is 0 Å². The van der Waals surface area contributed by atoms with Gasteiger partial charge in [-0.25, -0.2) is 8.78 Å². The molecular weight excluding hydrogens is 282 g/mol. The summed E-state index contributed by atoms with van der Waals surface area (Å²) < 4.78 is 26.3. The van der Waals surface area contributed by atoms with Crippen molar-refractivity contribution in [3.8, 4) is 5.75 Å². The number of benzene rings is 1. The van der Waals surface area contributed by atoms with E-state index in [4.69, 9.17) is 0 Å². The molecule has 0 aliphatic heterocycles. The molecule has 1 aromatic carbocycles. The SMILES string of the molecule is CC(C)NC(=O)C[C@@H](C)NC(=O)c1c(O)cc(F)cc1F. The summed E-state index contributed by atoms with van der Waals surface area (Å²) in [6.45, 7) is 5.16. The maximum Gasteiger partial charge on any atom is 0.258 e. The Kier molecular flexibility index (Phi) is 5.63. The number of nitrogens with one attached hydrogen (secondary N) is 2. The van der Waals surface area contributed by atoms with Crippen molar-refractivity contribution >= 4 is 11.8 Å². The third-order valence-corrected chi connectivity index (χ3v) is 2.58. The van der Waals surface area contributed by atoms with E-state index < -0.39 is 34.9 Å². The van der Waals surface area contributed by atoms with E-state index >= 15 is 0 Å². The van der Waals surface area contributed by atoms with Crippen LogP contribution in [0.2, 0.25) is 0 Å². The number of amides is 2. The highest BCUT2D eigenvalue weighted by molar-refractivity contribution is 5.97. The lowest BCUT2D eigenvalue weighted by molar-refractivity contribution is -0.121. The topological polar surface area (TPSA) is 78.4 Å². The molecule has 116 valence electrons. The molecule has 0 saturated heterocycles.